The Hall–Kier alpha value is -1.99. The van der Waals surface area contributed by atoms with Crippen molar-refractivity contribution in [2.45, 2.75) is 13.8 Å². The standard InChI is InChI=1S/C17H19BrN4O2/c1-11-9-13(3-4-14(11)18)20-16(23)15-10-12(2)19-17(21-15)22-5-7-24-8-6-22/h3-4,9-10H,5-8H2,1-2H3,(H,20,23). The molecule has 0 spiro atoms. The topological polar surface area (TPSA) is 67.4 Å². The number of nitrogens with one attached hydrogen (secondary N) is 1. The van der Waals surface area contributed by atoms with Crippen LogP contribution in [0.2, 0.25) is 0 Å². The van der Waals surface area contributed by atoms with E-state index in [1.807, 2.05) is 36.9 Å². The van der Waals surface area contributed by atoms with Gasteiger partial charge in [0.15, 0.2) is 0 Å². The number of aromatic nitrogens is 2. The van der Waals surface area contributed by atoms with Crippen LogP contribution in [0.25, 0.3) is 0 Å². The van der Waals surface area contributed by atoms with Crippen molar-refractivity contribution in [2.75, 3.05) is 36.5 Å². The number of nitrogens with zero attached hydrogens (tertiary/aromatic N) is 3. The predicted octanol–water partition coefficient (Wildman–Crippen LogP) is 2.94. The zero-order valence-corrected chi connectivity index (χ0v) is 15.3. The summed E-state index contributed by atoms with van der Waals surface area (Å²) < 4.78 is 6.36. The van der Waals surface area contributed by atoms with E-state index in [4.69, 9.17) is 4.74 Å². The first kappa shape index (κ1) is 16.9. The summed E-state index contributed by atoms with van der Waals surface area (Å²) in [6.45, 7) is 6.61. The van der Waals surface area contributed by atoms with Crippen LogP contribution in [0.15, 0.2) is 28.7 Å². The third-order valence-corrected chi connectivity index (χ3v) is 4.67. The molecule has 7 heteroatoms. The molecule has 2 heterocycles. The lowest BCUT2D eigenvalue weighted by Crippen LogP contribution is -2.37. The lowest BCUT2D eigenvalue weighted by Gasteiger charge is -2.27. The van der Waals surface area contributed by atoms with Crippen LogP contribution in [0.5, 0.6) is 0 Å². The van der Waals surface area contributed by atoms with Gasteiger partial charge in [-0.25, -0.2) is 9.97 Å². The number of aryl methyl sites for hydroxylation is 2. The summed E-state index contributed by atoms with van der Waals surface area (Å²) in [6.07, 6.45) is 0. The van der Waals surface area contributed by atoms with Gasteiger partial charge in [0.1, 0.15) is 5.69 Å². The lowest BCUT2D eigenvalue weighted by molar-refractivity contribution is 0.102. The molecule has 1 aromatic heterocycles. The lowest BCUT2D eigenvalue weighted by atomic mass is 10.2. The molecular formula is C17H19BrN4O2. The largest absolute Gasteiger partial charge is 0.378 e. The molecule has 1 aliphatic heterocycles. The molecule has 0 aliphatic carbocycles. The molecule has 2 aromatic rings. The van der Waals surface area contributed by atoms with Gasteiger partial charge in [0.05, 0.1) is 13.2 Å². The van der Waals surface area contributed by atoms with Gasteiger partial charge in [-0.05, 0) is 43.7 Å². The van der Waals surface area contributed by atoms with Gasteiger partial charge >= 0.3 is 0 Å². The molecule has 0 atom stereocenters. The Morgan fingerprint density at radius 3 is 2.67 bits per heavy atom. The zero-order valence-electron chi connectivity index (χ0n) is 13.7. The van der Waals surface area contributed by atoms with Crippen LogP contribution < -0.4 is 10.2 Å². The summed E-state index contributed by atoms with van der Waals surface area (Å²) in [5.41, 5.74) is 2.93. The predicted molar refractivity (Wildman–Crippen MR) is 96.6 cm³/mol. The van der Waals surface area contributed by atoms with E-state index >= 15 is 0 Å². The maximum absolute atomic E-state index is 12.5. The van der Waals surface area contributed by atoms with Crippen molar-refractivity contribution >= 4 is 33.5 Å². The highest BCUT2D eigenvalue weighted by molar-refractivity contribution is 9.10. The molecule has 3 rings (SSSR count). The molecule has 1 fully saturated rings. The molecule has 0 radical (unpaired) electrons. The normalized spacial score (nSPS) is 14.5. The van der Waals surface area contributed by atoms with Crippen molar-refractivity contribution in [2.24, 2.45) is 0 Å². The average Bonchev–Trinajstić information content (AvgIpc) is 2.58. The maximum atomic E-state index is 12.5. The highest BCUT2D eigenvalue weighted by Crippen LogP contribution is 2.21. The minimum absolute atomic E-state index is 0.239. The number of rotatable bonds is 3. The Morgan fingerprint density at radius 2 is 1.96 bits per heavy atom. The van der Waals surface area contributed by atoms with E-state index in [1.165, 1.54) is 0 Å². The van der Waals surface area contributed by atoms with Gasteiger partial charge in [0, 0.05) is 28.9 Å². The van der Waals surface area contributed by atoms with Crippen LogP contribution in [-0.4, -0.2) is 42.2 Å². The van der Waals surface area contributed by atoms with Crippen molar-refractivity contribution in [3.05, 3.63) is 45.7 Å². The van der Waals surface area contributed by atoms with Gasteiger partial charge in [-0.2, -0.15) is 0 Å². The summed E-state index contributed by atoms with van der Waals surface area (Å²) in [5, 5.41) is 2.89. The fraction of sp³-hybridized carbons (Fsp3) is 0.353. The fourth-order valence-corrected chi connectivity index (χ4v) is 2.74. The van der Waals surface area contributed by atoms with Crippen LogP contribution in [0.1, 0.15) is 21.7 Å². The van der Waals surface area contributed by atoms with E-state index in [-0.39, 0.29) is 5.91 Å². The Balaban J connectivity index is 1.81. The fourth-order valence-electron chi connectivity index (χ4n) is 2.49. The Labute approximate surface area is 149 Å². The quantitative estimate of drug-likeness (QED) is 0.872. The van der Waals surface area contributed by atoms with Crippen LogP contribution in [0.4, 0.5) is 11.6 Å². The summed E-state index contributed by atoms with van der Waals surface area (Å²) in [7, 11) is 0. The third kappa shape index (κ3) is 3.91. The molecule has 1 aliphatic rings. The van der Waals surface area contributed by atoms with Gasteiger partial charge in [-0.3, -0.25) is 4.79 Å². The zero-order chi connectivity index (χ0) is 17.1. The van der Waals surface area contributed by atoms with Crippen LogP contribution >= 0.6 is 15.9 Å². The van der Waals surface area contributed by atoms with E-state index in [0.717, 1.165) is 34.5 Å². The van der Waals surface area contributed by atoms with Crippen LogP contribution in [0, 0.1) is 13.8 Å². The molecule has 0 saturated carbocycles. The maximum Gasteiger partial charge on any atom is 0.274 e. The Kier molecular flexibility index (Phi) is 5.11. The number of anilines is 2. The first-order valence-corrected chi connectivity index (χ1v) is 8.58. The van der Waals surface area contributed by atoms with Crippen molar-refractivity contribution < 1.29 is 9.53 Å². The van der Waals surface area contributed by atoms with E-state index in [1.54, 1.807) is 6.07 Å². The first-order chi connectivity index (χ1) is 11.5. The van der Waals surface area contributed by atoms with Crippen molar-refractivity contribution in [1.82, 2.24) is 9.97 Å². The van der Waals surface area contributed by atoms with Gasteiger partial charge in [-0.1, -0.05) is 15.9 Å². The number of hydrogen-bond acceptors (Lipinski definition) is 5. The highest BCUT2D eigenvalue weighted by atomic mass is 79.9. The molecule has 1 N–H and O–H groups in total. The first-order valence-electron chi connectivity index (χ1n) is 7.79. The molecule has 1 saturated heterocycles. The second kappa shape index (κ2) is 7.27. The third-order valence-electron chi connectivity index (χ3n) is 3.78. The molecule has 1 amide bonds. The minimum atomic E-state index is -0.239. The van der Waals surface area contributed by atoms with E-state index < -0.39 is 0 Å². The molecule has 0 unspecified atom stereocenters. The molecule has 126 valence electrons. The van der Waals surface area contributed by atoms with Gasteiger partial charge in [0.25, 0.3) is 5.91 Å². The van der Waals surface area contributed by atoms with Gasteiger partial charge in [0.2, 0.25) is 5.95 Å². The SMILES string of the molecule is Cc1cc(C(=O)Nc2ccc(Br)c(C)c2)nc(N2CCOCC2)n1. The van der Waals surface area contributed by atoms with Crippen molar-refractivity contribution in [3.8, 4) is 0 Å². The van der Waals surface area contributed by atoms with E-state index in [0.29, 0.717) is 24.9 Å². The number of carbonyl (C=O) groups excluding carboxylic acids is 1. The average molecular weight is 391 g/mol. The molecule has 6 nitrogen and oxygen atoms in total. The number of amides is 1. The minimum Gasteiger partial charge on any atom is -0.378 e. The summed E-state index contributed by atoms with van der Waals surface area (Å²) >= 11 is 3.45. The number of benzene rings is 1. The molecular weight excluding hydrogens is 372 g/mol. The Morgan fingerprint density at radius 1 is 1.21 bits per heavy atom. The number of hydrogen-bond donors (Lipinski definition) is 1. The number of carbonyl (C=O) groups is 1. The van der Waals surface area contributed by atoms with Gasteiger partial charge < -0.3 is 15.0 Å². The number of ether oxygens (including phenoxy) is 1. The van der Waals surface area contributed by atoms with Gasteiger partial charge in [-0.15, -0.1) is 0 Å². The molecule has 0 bridgehead atoms. The van der Waals surface area contributed by atoms with Crippen LogP contribution in [0.3, 0.4) is 0 Å². The molecule has 24 heavy (non-hydrogen) atoms. The second-order valence-corrected chi connectivity index (χ2v) is 6.57. The van der Waals surface area contributed by atoms with E-state index in [9.17, 15) is 4.79 Å². The highest BCUT2D eigenvalue weighted by Gasteiger charge is 2.17. The summed E-state index contributed by atoms with van der Waals surface area (Å²) in [5.74, 6) is 0.340. The van der Waals surface area contributed by atoms with Crippen molar-refractivity contribution in [3.63, 3.8) is 0 Å². The summed E-state index contributed by atoms with van der Waals surface area (Å²) in [6, 6.07) is 7.38. The van der Waals surface area contributed by atoms with Crippen LogP contribution in [-0.2, 0) is 4.74 Å². The number of morpholine rings is 1. The smallest absolute Gasteiger partial charge is 0.274 e. The van der Waals surface area contributed by atoms with E-state index in [2.05, 4.69) is 31.2 Å². The summed E-state index contributed by atoms with van der Waals surface area (Å²) in [4.78, 5) is 23.5. The van der Waals surface area contributed by atoms with Crippen molar-refractivity contribution in [1.29, 1.82) is 0 Å². The number of halogens is 1. The molecule has 1 aromatic carbocycles. The Bertz CT molecular complexity index is 760. The monoisotopic (exact) mass is 390 g/mol. The second-order valence-electron chi connectivity index (χ2n) is 5.71.